The highest BCUT2D eigenvalue weighted by Gasteiger charge is 2.21. The molecule has 122 valence electrons. The van der Waals surface area contributed by atoms with Gasteiger partial charge in [-0.15, -0.1) is 0 Å². The Bertz CT molecular complexity index is 836. The van der Waals surface area contributed by atoms with Gasteiger partial charge in [0.1, 0.15) is 5.56 Å². The molecule has 0 atom stereocenters. The number of hydrogen-bond donors (Lipinski definition) is 2. The van der Waals surface area contributed by atoms with Crippen molar-refractivity contribution in [1.29, 1.82) is 0 Å². The summed E-state index contributed by atoms with van der Waals surface area (Å²) < 4.78 is 0. The summed E-state index contributed by atoms with van der Waals surface area (Å²) in [6.45, 7) is 3.29. The number of amides is 2. The molecule has 0 spiro atoms. The Morgan fingerprint density at radius 2 is 1.83 bits per heavy atom. The van der Waals surface area contributed by atoms with Crippen LogP contribution in [0.1, 0.15) is 10.4 Å². The summed E-state index contributed by atoms with van der Waals surface area (Å²) in [6.07, 6.45) is 1.03. The molecule has 0 aromatic heterocycles. The van der Waals surface area contributed by atoms with E-state index in [4.69, 9.17) is 11.6 Å². The Hall–Kier alpha value is -3.19. The van der Waals surface area contributed by atoms with Crippen molar-refractivity contribution in [2.45, 2.75) is 0 Å². The van der Waals surface area contributed by atoms with Crippen molar-refractivity contribution < 1.29 is 14.5 Å². The van der Waals surface area contributed by atoms with Gasteiger partial charge in [0.2, 0.25) is 5.91 Å². The third kappa shape index (κ3) is 4.17. The van der Waals surface area contributed by atoms with Crippen LogP contribution in [0.15, 0.2) is 55.1 Å². The van der Waals surface area contributed by atoms with Crippen molar-refractivity contribution in [3.05, 3.63) is 75.8 Å². The summed E-state index contributed by atoms with van der Waals surface area (Å²) in [5.74, 6) is -1.18. The monoisotopic (exact) mass is 345 g/mol. The molecule has 0 fully saturated rings. The number of rotatable bonds is 5. The van der Waals surface area contributed by atoms with Crippen LogP contribution in [0.25, 0.3) is 0 Å². The van der Waals surface area contributed by atoms with Crippen LogP contribution in [-0.2, 0) is 4.79 Å². The van der Waals surface area contributed by atoms with E-state index in [-0.39, 0.29) is 11.3 Å². The van der Waals surface area contributed by atoms with Crippen LogP contribution in [0, 0.1) is 10.1 Å². The van der Waals surface area contributed by atoms with Crippen molar-refractivity contribution in [3.8, 4) is 0 Å². The van der Waals surface area contributed by atoms with Gasteiger partial charge in [0.25, 0.3) is 11.6 Å². The maximum absolute atomic E-state index is 12.3. The first-order chi connectivity index (χ1) is 11.4. The second-order valence-corrected chi connectivity index (χ2v) is 5.08. The third-order valence-electron chi connectivity index (χ3n) is 2.97. The van der Waals surface area contributed by atoms with Crippen molar-refractivity contribution in [3.63, 3.8) is 0 Å². The molecular formula is C16H12ClN3O4. The zero-order valence-corrected chi connectivity index (χ0v) is 13.0. The number of carbonyl (C=O) groups excluding carboxylic acids is 2. The molecular weight excluding hydrogens is 334 g/mol. The number of nitro benzene ring substituents is 1. The summed E-state index contributed by atoms with van der Waals surface area (Å²) in [7, 11) is 0. The predicted octanol–water partition coefficient (Wildman–Crippen LogP) is 3.63. The average Bonchev–Trinajstić information content (AvgIpc) is 2.54. The number of halogens is 1. The molecule has 0 radical (unpaired) electrons. The molecule has 8 heteroatoms. The summed E-state index contributed by atoms with van der Waals surface area (Å²) in [5, 5.41) is 16.6. The lowest BCUT2D eigenvalue weighted by Gasteiger charge is -2.08. The van der Waals surface area contributed by atoms with Gasteiger partial charge in [-0.3, -0.25) is 19.7 Å². The fourth-order valence-corrected chi connectivity index (χ4v) is 2.10. The van der Waals surface area contributed by atoms with Gasteiger partial charge < -0.3 is 10.6 Å². The molecule has 2 rings (SSSR count). The van der Waals surface area contributed by atoms with Gasteiger partial charge in [0, 0.05) is 22.5 Å². The minimum absolute atomic E-state index is 0.142. The second-order valence-electron chi connectivity index (χ2n) is 4.65. The second kappa shape index (κ2) is 7.38. The smallest absolute Gasteiger partial charge is 0.284 e. The largest absolute Gasteiger partial charge is 0.322 e. The summed E-state index contributed by atoms with van der Waals surface area (Å²) in [5.41, 5.74) is 0.0182. The zero-order chi connectivity index (χ0) is 17.7. The average molecular weight is 346 g/mol. The first-order valence-corrected chi connectivity index (χ1v) is 7.07. The van der Waals surface area contributed by atoms with Crippen LogP contribution in [0.3, 0.4) is 0 Å². The lowest BCUT2D eigenvalue weighted by molar-refractivity contribution is -0.385. The van der Waals surface area contributed by atoms with Crippen molar-refractivity contribution in [2.75, 3.05) is 10.6 Å². The fourth-order valence-electron chi connectivity index (χ4n) is 1.91. The van der Waals surface area contributed by atoms with Crippen LogP contribution in [0.5, 0.6) is 0 Å². The fraction of sp³-hybridized carbons (Fsp3) is 0. The van der Waals surface area contributed by atoms with Gasteiger partial charge in [-0.05, 0) is 36.4 Å². The third-order valence-corrected chi connectivity index (χ3v) is 3.21. The van der Waals surface area contributed by atoms with Gasteiger partial charge in [-0.2, -0.15) is 0 Å². The minimum Gasteiger partial charge on any atom is -0.322 e. The van der Waals surface area contributed by atoms with Gasteiger partial charge in [-0.25, -0.2) is 0 Å². The lowest BCUT2D eigenvalue weighted by atomic mass is 10.1. The molecule has 24 heavy (non-hydrogen) atoms. The van der Waals surface area contributed by atoms with E-state index in [1.807, 2.05) is 0 Å². The molecule has 0 saturated carbocycles. The van der Waals surface area contributed by atoms with E-state index in [1.54, 1.807) is 18.2 Å². The first kappa shape index (κ1) is 17.2. The number of hydrogen-bond acceptors (Lipinski definition) is 4. The molecule has 0 heterocycles. The Labute approximate surface area is 142 Å². The predicted molar refractivity (Wildman–Crippen MR) is 91.3 cm³/mol. The highest BCUT2D eigenvalue weighted by Crippen LogP contribution is 2.25. The van der Waals surface area contributed by atoms with Crippen LogP contribution in [-0.4, -0.2) is 16.7 Å². The van der Waals surface area contributed by atoms with E-state index in [9.17, 15) is 19.7 Å². The molecule has 2 aromatic carbocycles. The van der Waals surface area contributed by atoms with E-state index >= 15 is 0 Å². The normalized spacial score (nSPS) is 9.88. The molecule has 0 aliphatic rings. The summed E-state index contributed by atoms with van der Waals surface area (Å²) in [4.78, 5) is 34.1. The van der Waals surface area contributed by atoms with Gasteiger partial charge >= 0.3 is 0 Å². The van der Waals surface area contributed by atoms with E-state index in [2.05, 4.69) is 17.2 Å². The Balaban J connectivity index is 2.31. The molecule has 2 amide bonds. The standard InChI is InChI=1S/C16H12ClN3O4/c1-2-15(21)18-12-6-7-13(14(9-12)20(23)24)16(22)19-11-5-3-4-10(17)8-11/h2-9H,1H2,(H,18,21)(H,19,22). The molecule has 2 N–H and O–H groups in total. The number of anilines is 2. The molecule has 0 bridgehead atoms. The van der Waals surface area contributed by atoms with Crippen LogP contribution in [0.4, 0.5) is 17.1 Å². The topological polar surface area (TPSA) is 101 Å². The van der Waals surface area contributed by atoms with Crippen molar-refractivity contribution >= 4 is 40.5 Å². The van der Waals surface area contributed by atoms with Crippen molar-refractivity contribution in [1.82, 2.24) is 0 Å². The van der Waals surface area contributed by atoms with Gasteiger partial charge in [0.05, 0.1) is 4.92 Å². The van der Waals surface area contributed by atoms with Gasteiger partial charge in [-0.1, -0.05) is 24.2 Å². The number of nitrogens with one attached hydrogen (secondary N) is 2. The molecule has 0 aliphatic carbocycles. The Morgan fingerprint density at radius 1 is 1.12 bits per heavy atom. The molecule has 0 aliphatic heterocycles. The Morgan fingerprint density at radius 3 is 2.46 bits per heavy atom. The van der Waals surface area contributed by atoms with Crippen LogP contribution < -0.4 is 10.6 Å². The summed E-state index contributed by atoms with van der Waals surface area (Å²) >= 11 is 5.83. The minimum atomic E-state index is -0.698. The number of carbonyl (C=O) groups is 2. The lowest BCUT2D eigenvalue weighted by Crippen LogP contribution is -2.15. The molecule has 0 unspecified atom stereocenters. The van der Waals surface area contributed by atoms with Crippen LogP contribution >= 0.6 is 11.6 Å². The Kier molecular flexibility index (Phi) is 5.28. The zero-order valence-electron chi connectivity index (χ0n) is 12.3. The molecule has 2 aromatic rings. The number of benzene rings is 2. The SMILES string of the molecule is C=CC(=O)Nc1ccc(C(=O)Nc2cccc(Cl)c2)c([N+](=O)[O-])c1. The van der Waals surface area contributed by atoms with Crippen molar-refractivity contribution in [2.24, 2.45) is 0 Å². The molecule has 0 saturated heterocycles. The quantitative estimate of drug-likeness (QED) is 0.490. The maximum Gasteiger partial charge on any atom is 0.284 e. The van der Waals surface area contributed by atoms with E-state index in [0.29, 0.717) is 10.7 Å². The highest BCUT2D eigenvalue weighted by molar-refractivity contribution is 6.31. The maximum atomic E-state index is 12.3. The number of nitrogens with zero attached hydrogens (tertiary/aromatic N) is 1. The van der Waals surface area contributed by atoms with Crippen LogP contribution in [0.2, 0.25) is 5.02 Å². The van der Waals surface area contributed by atoms with E-state index in [0.717, 1.165) is 12.1 Å². The first-order valence-electron chi connectivity index (χ1n) is 6.69. The van der Waals surface area contributed by atoms with E-state index in [1.165, 1.54) is 18.2 Å². The molecule has 7 nitrogen and oxygen atoms in total. The van der Waals surface area contributed by atoms with E-state index < -0.39 is 22.4 Å². The highest BCUT2D eigenvalue weighted by atomic mass is 35.5. The number of nitro groups is 1. The summed E-state index contributed by atoms with van der Waals surface area (Å²) in [6, 6.07) is 10.2. The van der Waals surface area contributed by atoms with Gasteiger partial charge in [0.15, 0.2) is 0 Å².